The van der Waals surface area contributed by atoms with Crippen LogP contribution in [0.3, 0.4) is 0 Å². The van der Waals surface area contributed by atoms with Gasteiger partial charge in [-0.05, 0) is 0 Å². The zero-order valence-electron chi connectivity index (χ0n) is 33.3. The molecule has 9 rings (SSSR count). The Hall–Kier alpha value is -1.53. The van der Waals surface area contributed by atoms with Gasteiger partial charge in [0, 0.05) is 0 Å². The van der Waals surface area contributed by atoms with Gasteiger partial charge in [0.1, 0.15) is 0 Å². The van der Waals surface area contributed by atoms with Gasteiger partial charge in [-0.25, -0.2) is 0 Å². The number of fused-ring (bicyclic) bond motifs is 3. The van der Waals surface area contributed by atoms with Crippen molar-refractivity contribution >= 4 is 35.6 Å². The molecule has 0 aliphatic heterocycles. The third kappa shape index (κ3) is 6.25. The number of benzene rings is 3. The maximum atomic E-state index is 5.75. The first kappa shape index (κ1) is 39.2. The van der Waals surface area contributed by atoms with Crippen molar-refractivity contribution in [3.63, 3.8) is 0 Å². The first-order valence-corrected chi connectivity index (χ1v) is 27.6. The van der Waals surface area contributed by atoms with E-state index in [9.17, 15) is 0 Å². The summed E-state index contributed by atoms with van der Waals surface area (Å²) in [6, 6.07) is 22.3. The zero-order chi connectivity index (χ0) is 34.9. The molecule has 1 unspecified atom stereocenters. The molecule has 6 aliphatic carbocycles. The molecule has 0 aromatic heterocycles. The van der Waals surface area contributed by atoms with Gasteiger partial charge < -0.3 is 0 Å². The molecule has 0 N–H and O–H groups in total. The summed E-state index contributed by atoms with van der Waals surface area (Å²) in [5, 5.41) is 0. The van der Waals surface area contributed by atoms with Crippen LogP contribution in [0.25, 0.3) is 11.1 Å². The van der Waals surface area contributed by atoms with Crippen LogP contribution in [-0.2, 0) is 35.5 Å². The van der Waals surface area contributed by atoms with E-state index in [-0.39, 0.29) is 35.6 Å². The van der Waals surface area contributed by atoms with Crippen LogP contribution in [0.15, 0.2) is 75.1 Å². The van der Waals surface area contributed by atoms with Crippen LogP contribution < -0.4 is 6.54 Å². The molecule has 0 heterocycles. The number of hydrogen-bond donors (Lipinski definition) is 0. The summed E-state index contributed by atoms with van der Waals surface area (Å²) in [6.45, 7) is 21.6. The molecule has 3 aromatic carbocycles. The van der Waals surface area contributed by atoms with Crippen molar-refractivity contribution in [2.45, 2.75) is 129 Å². The second-order valence-corrected chi connectivity index (χ2v) is 34.5. The molecule has 4 saturated carbocycles. The molecule has 3 aromatic rings. The number of allylic oxidation sites excluding steroid dienone is 4. The van der Waals surface area contributed by atoms with E-state index in [0.717, 1.165) is 24.2 Å². The van der Waals surface area contributed by atoms with Crippen LogP contribution in [0, 0.1) is 36.0 Å². The van der Waals surface area contributed by atoms with Crippen LogP contribution in [0.1, 0.15) is 128 Å². The fourth-order valence-electron chi connectivity index (χ4n) is 12.5. The van der Waals surface area contributed by atoms with Crippen molar-refractivity contribution in [1.29, 1.82) is 0 Å². The second kappa shape index (κ2) is 12.8. The molecular weight excluding hydrogens is 739 g/mol. The van der Waals surface area contributed by atoms with Crippen molar-refractivity contribution in [3.8, 4) is 11.1 Å². The van der Waals surface area contributed by atoms with Crippen molar-refractivity contribution < 1.29 is 18.3 Å². The minimum atomic E-state index is -4.49. The van der Waals surface area contributed by atoms with Gasteiger partial charge in [0.15, 0.2) is 0 Å². The van der Waals surface area contributed by atoms with Crippen molar-refractivity contribution in [1.82, 2.24) is 0 Å². The third-order valence-electron chi connectivity index (χ3n) is 14.6. The van der Waals surface area contributed by atoms with Crippen LogP contribution in [0.4, 0.5) is 0 Å². The fraction of sp³-hybridized carbons (Fsp3) is 0.521. The van der Waals surface area contributed by atoms with Gasteiger partial charge in [0.2, 0.25) is 0 Å². The Kier molecular flexibility index (Phi) is 9.81. The van der Waals surface area contributed by atoms with E-state index in [1.807, 2.05) is 0 Å². The summed E-state index contributed by atoms with van der Waals surface area (Å²) >= 11 is -4.49. The van der Waals surface area contributed by atoms with Gasteiger partial charge in [-0.2, -0.15) is 0 Å². The van der Waals surface area contributed by atoms with Crippen LogP contribution in [0.2, 0.25) is 4.63 Å². The fourth-order valence-corrected chi connectivity index (χ4v) is 27.4. The predicted octanol–water partition coefficient (Wildman–Crippen LogP) is 12.6. The average molecular weight is 803 g/mol. The summed E-state index contributed by atoms with van der Waals surface area (Å²) in [6.07, 6.45) is 14.0. The molecule has 3 heteroatoms. The van der Waals surface area contributed by atoms with E-state index in [0.29, 0.717) is 11.3 Å². The van der Waals surface area contributed by atoms with Gasteiger partial charge >= 0.3 is 301 Å². The molecule has 51 heavy (non-hydrogen) atoms. The molecular formula is C48H64Cl2Zr. The molecule has 1 atom stereocenters. The van der Waals surface area contributed by atoms with Gasteiger partial charge in [0.05, 0.1) is 0 Å². The second-order valence-electron chi connectivity index (χ2n) is 20.6. The number of hydrogen-bond acceptors (Lipinski definition) is 0. The Morgan fingerprint density at radius 3 is 1.84 bits per heavy atom. The summed E-state index contributed by atoms with van der Waals surface area (Å²) in [5.41, 5.74) is 14.2. The third-order valence-corrected chi connectivity index (χ3v) is 29.5. The molecule has 0 nitrogen and oxygen atoms in total. The SMILES string of the molecule is Cl.Cl.[CH2]=[Zr]([CH3])([C]1=C(C)C(CC23CC4CC(CC(C4)C2)C3)=CC1C)([c]1ccc(C)cc1)[c]1cc(C(C)(C)C)cc2c1Cc1ccc(C(C)(C)C)cc1-2. The molecule has 4 bridgehead atoms. The van der Waals surface area contributed by atoms with Crippen molar-refractivity contribution in [2.75, 3.05) is 0 Å². The first-order chi connectivity index (χ1) is 22.8. The molecule has 0 spiro atoms. The normalized spacial score (nSPS) is 26.8. The van der Waals surface area contributed by atoms with E-state index in [1.165, 1.54) is 81.6 Å². The Labute approximate surface area is 323 Å². The van der Waals surface area contributed by atoms with E-state index in [1.54, 1.807) is 23.3 Å². The Morgan fingerprint density at radius 1 is 0.745 bits per heavy atom. The standard InChI is InChI=1S/C21H25.C18H25.C7H7.CH3.CH2.2ClH.Zr/c1-20(2,3)16-9-7-14-11-15-8-10-17(21(4,5)6)13-19(15)18(14)12-16;1-12-3-13(2)17(4-12)11-18-8-14-5-15(9-18)7-16(6-14)10-18;1-7-5-3-2-4-6-7;;;;;/h7,9-10,12-13H,11H2,1-6H3;4,12,14-16H,5-11H2,1-2H3;3-6H,1H3;1H3;1H2;2*1H;. The molecule has 274 valence electrons. The van der Waals surface area contributed by atoms with Gasteiger partial charge in [-0.15, -0.1) is 24.8 Å². The monoisotopic (exact) mass is 800 g/mol. The van der Waals surface area contributed by atoms with Crippen molar-refractivity contribution in [3.05, 3.63) is 103 Å². The van der Waals surface area contributed by atoms with Gasteiger partial charge in [-0.3, -0.25) is 0 Å². The van der Waals surface area contributed by atoms with Crippen LogP contribution in [-0.4, -0.2) is 4.21 Å². The molecule has 6 aliphatic rings. The zero-order valence-corrected chi connectivity index (χ0v) is 37.4. The maximum absolute atomic E-state index is 5.75. The number of rotatable bonds is 5. The minimum absolute atomic E-state index is 0. The summed E-state index contributed by atoms with van der Waals surface area (Å²) in [4.78, 5) is 0. The van der Waals surface area contributed by atoms with Gasteiger partial charge in [0.25, 0.3) is 0 Å². The quantitative estimate of drug-likeness (QED) is 0.189. The Bertz CT molecular complexity index is 1970. The van der Waals surface area contributed by atoms with E-state index in [2.05, 4.69) is 128 Å². The summed E-state index contributed by atoms with van der Waals surface area (Å²) < 4.78 is 13.3. The van der Waals surface area contributed by atoms with E-state index in [4.69, 9.17) is 4.21 Å². The van der Waals surface area contributed by atoms with E-state index >= 15 is 0 Å². The van der Waals surface area contributed by atoms with Crippen LogP contribution in [0.5, 0.6) is 0 Å². The first-order valence-electron chi connectivity index (χ1n) is 19.7. The topological polar surface area (TPSA) is 0 Å². The Morgan fingerprint density at radius 2 is 1.29 bits per heavy atom. The average Bonchev–Trinajstić information content (AvgIpc) is 3.50. The summed E-state index contributed by atoms with van der Waals surface area (Å²) in [7, 11) is 0. The summed E-state index contributed by atoms with van der Waals surface area (Å²) in [5.74, 6) is 3.40. The number of halogens is 2. The van der Waals surface area contributed by atoms with Crippen molar-refractivity contribution in [2.24, 2.45) is 29.1 Å². The molecule has 0 saturated heterocycles. The van der Waals surface area contributed by atoms with Crippen LogP contribution >= 0.6 is 24.8 Å². The Balaban J connectivity index is 0.00000224. The predicted molar refractivity (Wildman–Crippen MR) is 225 cm³/mol. The number of aryl methyl sites for hydroxylation is 1. The molecule has 0 amide bonds. The molecule has 4 fully saturated rings. The van der Waals surface area contributed by atoms with Gasteiger partial charge in [-0.1, -0.05) is 0 Å². The van der Waals surface area contributed by atoms with E-state index < -0.39 is 18.3 Å². The molecule has 0 radical (unpaired) electrons.